The number of allylic oxidation sites excluding steroid dienone is 2. The van der Waals surface area contributed by atoms with Crippen LogP contribution in [-0.2, 0) is 24.9 Å². The normalized spacial score (nSPS) is 10.8. The molecule has 1 radical (unpaired) electrons. The molecule has 6 heteroatoms. The third-order valence-electron chi connectivity index (χ3n) is 4.70. The summed E-state index contributed by atoms with van der Waals surface area (Å²) < 4.78 is 7.71. The third-order valence-corrected chi connectivity index (χ3v) is 4.70. The van der Waals surface area contributed by atoms with Crippen molar-refractivity contribution in [2.45, 2.75) is 27.7 Å². The fourth-order valence-electron chi connectivity index (χ4n) is 3.48. The first-order valence-corrected chi connectivity index (χ1v) is 10.3. The predicted octanol–water partition coefficient (Wildman–Crippen LogP) is 6.15. The molecule has 0 aliphatic rings. The molecule has 173 valence electrons. The second-order valence-electron chi connectivity index (χ2n) is 7.66. The quantitative estimate of drug-likeness (QED) is 0.169. The maximum atomic E-state index is 10.0. The predicted molar refractivity (Wildman–Crippen MR) is 128 cm³/mol. The van der Waals surface area contributed by atoms with Crippen LogP contribution >= 0.6 is 0 Å². The smallest absolute Gasteiger partial charge is 0.155 e. The second-order valence-corrected chi connectivity index (χ2v) is 7.66. The van der Waals surface area contributed by atoms with Crippen molar-refractivity contribution in [3.8, 4) is 22.7 Å². The number of carbonyl (C=O) groups excluding carboxylic acids is 1. The maximum absolute atomic E-state index is 10.0. The first kappa shape index (κ1) is 26.0. The van der Waals surface area contributed by atoms with E-state index in [0.717, 1.165) is 39.2 Å². The average molecular weight is 620 g/mol. The minimum absolute atomic E-state index is 0. The van der Waals surface area contributed by atoms with Crippen molar-refractivity contribution in [2.75, 3.05) is 7.11 Å². The Bertz CT molecular complexity index is 1250. The van der Waals surface area contributed by atoms with Gasteiger partial charge in [0.15, 0.2) is 5.78 Å². The Morgan fingerprint density at radius 2 is 1.79 bits per heavy atom. The number of ether oxygens (including phenoxy) is 1. The van der Waals surface area contributed by atoms with E-state index in [-0.39, 0.29) is 31.6 Å². The van der Waals surface area contributed by atoms with Crippen LogP contribution in [0.2, 0.25) is 0 Å². The molecule has 4 aromatic rings. The van der Waals surface area contributed by atoms with Gasteiger partial charge in [-0.2, -0.15) is 0 Å². The molecule has 0 fully saturated rings. The molecule has 0 saturated carbocycles. The van der Waals surface area contributed by atoms with E-state index in [1.54, 1.807) is 7.11 Å². The molecule has 0 unspecified atom stereocenters. The van der Waals surface area contributed by atoms with E-state index in [4.69, 9.17) is 14.8 Å². The molecule has 4 rings (SSSR count). The van der Waals surface area contributed by atoms with Crippen molar-refractivity contribution in [3.63, 3.8) is 0 Å². The fourth-order valence-corrected chi connectivity index (χ4v) is 3.48. The van der Waals surface area contributed by atoms with Gasteiger partial charge in [0, 0.05) is 55.3 Å². The minimum Gasteiger partial charge on any atom is -0.512 e. The van der Waals surface area contributed by atoms with E-state index in [2.05, 4.69) is 54.0 Å². The number of methoxy groups -OCH3 is 1. The third kappa shape index (κ3) is 6.88. The molecule has 2 heterocycles. The zero-order valence-corrected chi connectivity index (χ0v) is 21.7. The maximum Gasteiger partial charge on any atom is 0.155 e. The first-order chi connectivity index (χ1) is 15.3. The number of pyridine rings is 1. The van der Waals surface area contributed by atoms with E-state index < -0.39 is 0 Å². The molecule has 2 aromatic heterocycles. The molecule has 0 saturated heterocycles. The van der Waals surface area contributed by atoms with E-state index in [1.807, 2.05) is 31.5 Å². The fraction of sp³-hybridized carbons (Fsp3) is 0.185. The molecule has 0 amide bonds. The van der Waals surface area contributed by atoms with Crippen LogP contribution in [0.3, 0.4) is 0 Å². The molecule has 0 atom stereocenters. The van der Waals surface area contributed by atoms with Crippen molar-refractivity contribution >= 4 is 16.7 Å². The average Bonchev–Trinajstić information content (AvgIpc) is 3.26. The number of aliphatic hydroxyl groups excluding tert-OH is 1. The Labute approximate surface area is 208 Å². The van der Waals surface area contributed by atoms with Gasteiger partial charge in [-0.05, 0) is 50.2 Å². The summed E-state index contributed by atoms with van der Waals surface area (Å²) in [6.45, 7) is 6.98. The molecule has 0 spiro atoms. The van der Waals surface area contributed by atoms with E-state index in [9.17, 15) is 4.79 Å². The van der Waals surface area contributed by atoms with E-state index in [1.165, 1.54) is 25.5 Å². The van der Waals surface area contributed by atoms with Gasteiger partial charge in [0.1, 0.15) is 5.75 Å². The van der Waals surface area contributed by atoms with Gasteiger partial charge < -0.3 is 14.4 Å². The van der Waals surface area contributed by atoms with Crippen LogP contribution in [0, 0.1) is 19.9 Å². The summed E-state index contributed by atoms with van der Waals surface area (Å²) in [5, 5.41) is 9.42. The Morgan fingerprint density at radius 3 is 2.33 bits per heavy atom. The van der Waals surface area contributed by atoms with Crippen molar-refractivity contribution in [1.29, 1.82) is 0 Å². The number of fused-ring (bicyclic) bond motifs is 1. The van der Waals surface area contributed by atoms with Crippen LogP contribution in [0.25, 0.3) is 27.8 Å². The summed E-state index contributed by atoms with van der Waals surface area (Å²) >= 11 is 0. The Balaban J connectivity index is 0.000000423. The summed E-state index contributed by atoms with van der Waals surface area (Å²) in [6.07, 6.45) is 5.23. The first-order valence-electron chi connectivity index (χ1n) is 10.3. The van der Waals surface area contributed by atoms with Crippen LogP contribution in [-0.4, -0.2) is 27.6 Å². The number of aromatic nitrogens is 2. The summed E-state index contributed by atoms with van der Waals surface area (Å²) in [5.74, 6) is 0.700. The minimum atomic E-state index is -0.125. The van der Waals surface area contributed by atoms with E-state index in [0.29, 0.717) is 0 Å². The van der Waals surface area contributed by atoms with Gasteiger partial charge >= 0.3 is 0 Å². The van der Waals surface area contributed by atoms with Crippen molar-refractivity contribution in [3.05, 3.63) is 90.0 Å². The largest absolute Gasteiger partial charge is 0.512 e. The van der Waals surface area contributed by atoms with Crippen LogP contribution < -0.4 is 4.74 Å². The topological polar surface area (TPSA) is 64.3 Å². The Kier molecular flexibility index (Phi) is 9.15. The molecular weight excluding hydrogens is 593 g/mol. The van der Waals surface area contributed by atoms with Crippen LogP contribution in [0.4, 0.5) is 0 Å². The van der Waals surface area contributed by atoms with Gasteiger partial charge in [-0.15, -0.1) is 34.9 Å². The summed E-state index contributed by atoms with van der Waals surface area (Å²) in [7, 11) is 1.69. The van der Waals surface area contributed by atoms with Crippen LogP contribution in [0.5, 0.6) is 5.75 Å². The molecule has 2 aromatic carbocycles. The Morgan fingerprint density at radius 1 is 1.09 bits per heavy atom. The van der Waals surface area contributed by atoms with Crippen LogP contribution in [0.1, 0.15) is 25.0 Å². The van der Waals surface area contributed by atoms with Gasteiger partial charge in [0.05, 0.1) is 18.4 Å². The number of carbonyl (C=O) groups is 1. The molecule has 0 aliphatic heterocycles. The van der Waals surface area contributed by atoms with E-state index >= 15 is 0 Å². The molecule has 1 N–H and O–H groups in total. The number of hydrogen-bond acceptors (Lipinski definition) is 4. The van der Waals surface area contributed by atoms with Gasteiger partial charge in [-0.3, -0.25) is 9.78 Å². The summed E-state index contributed by atoms with van der Waals surface area (Å²) in [4.78, 5) is 14.9. The zero-order valence-electron chi connectivity index (χ0n) is 19.3. The SMILES string of the molecule is CC(=O)/C=C(/C)O.COc1cc2cc(-n3cccc3)ccc2nc1-c1[c-]c(C)cc(C)c1.[Ir]. The number of aryl methyl sites for hydroxylation is 2. The number of nitrogens with zero attached hydrogens (tertiary/aromatic N) is 2. The monoisotopic (exact) mass is 620 g/mol. The second kappa shape index (κ2) is 11.6. The van der Waals surface area contributed by atoms with Gasteiger partial charge in [-0.25, -0.2) is 0 Å². The van der Waals surface area contributed by atoms with Crippen LogP contribution in [0.15, 0.2) is 72.8 Å². The number of rotatable bonds is 4. The zero-order chi connectivity index (χ0) is 23.3. The number of aliphatic hydroxyl groups is 1. The van der Waals surface area contributed by atoms with Crippen molar-refractivity contribution < 1.29 is 34.7 Å². The summed E-state index contributed by atoms with van der Waals surface area (Å²) in [6, 6.07) is 19.9. The van der Waals surface area contributed by atoms with Crippen molar-refractivity contribution in [2.24, 2.45) is 0 Å². The molecule has 0 bridgehead atoms. The van der Waals surface area contributed by atoms with Gasteiger partial charge in [0.25, 0.3) is 0 Å². The molecule has 33 heavy (non-hydrogen) atoms. The number of ketones is 1. The van der Waals surface area contributed by atoms with Gasteiger partial charge in [0.2, 0.25) is 0 Å². The van der Waals surface area contributed by atoms with Crippen molar-refractivity contribution in [1.82, 2.24) is 9.55 Å². The van der Waals surface area contributed by atoms with Gasteiger partial charge in [-0.1, -0.05) is 13.8 Å². The standard InChI is InChI=1S/C22H19N2O.C5H8O2.Ir/c1-15-10-16(2)12-18(11-15)22-21(25-3)14-17-13-19(6-7-20(17)23-22)24-8-4-5-9-24;1-4(6)3-5(2)7;/h4-11,13-14H,1-3H3;3,6H,1-2H3;/q-1;;/b;4-3-;. The molecular formula is C27H27IrN2O3-. The molecule has 5 nitrogen and oxygen atoms in total. The number of benzene rings is 2. The Hall–Kier alpha value is -3.21. The number of hydrogen-bond donors (Lipinski definition) is 1. The summed E-state index contributed by atoms with van der Waals surface area (Å²) in [5.41, 5.74) is 6.13. The molecule has 0 aliphatic carbocycles.